The van der Waals surface area contributed by atoms with Crippen molar-refractivity contribution in [3.05, 3.63) is 98.4 Å². The molecule has 0 saturated carbocycles. The fourth-order valence-corrected chi connectivity index (χ4v) is 5.99. The van der Waals surface area contributed by atoms with Crippen molar-refractivity contribution >= 4 is 17.2 Å². The predicted molar refractivity (Wildman–Crippen MR) is 140 cm³/mol. The summed E-state index contributed by atoms with van der Waals surface area (Å²) in [5, 5.41) is 9.14. The third-order valence-corrected chi connectivity index (χ3v) is 8.01. The monoisotopic (exact) mass is 550 g/mol. The summed E-state index contributed by atoms with van der Waals surface area (Å²) in [7, 11) is 0. The molecule has 0 unspecified atom stereocenters. The lowest BCUT2D eigenvalue weighted by Gasteiger charge is -2.39. The van der Waals surface area contributed by atoms with E-state index in [-0.39, 0.29) is 53.6 Å². The highest BCUT2D eigenvalue weighted by molar-refractivity contribution is 7.14. The number of hydrogen-bond acceptors (Lipinski definition) is 7. The highest BCUT2D eigenvalue weighted by Gasteiger charge is 2.44. The normalized spacial score (nSPS) is 18.2. The first-order valence-electron chi connectivity index (χ1n) is 12.6. The number of halogens is 2. The Morgan fingerprint density at radius 2 is 1.87 bits per heavy atom. The van der Waals surface area contributed by atoms with Gasteiger partial charge in [-0.1, -0.05) is 47.7 Å². The molecule has 11 heteroatoms. The molecule has 1 amide bonds. The smallest absolute Gasteiger partial charge is 0.274 e. The molecule has 4 aromatic rings. The van der Waals surface area contributed by atoms with Crippen molar-refractivity contribution in [1.82, 2.24) is 19.7 Å². The number of rotatable bonds is 7. The van der Waals surface area contributed by atoms with Crippen molar-refractivity contribution in [3.63, 3.8) is 0 Å². The highest BCUT2D eigenvalue weighted by atomic mass is 32.1. The van der Waals surface area contributed by atoms with Gasteiger partial charge < -0.3 is 18.9 Å². The van der Waals surface area contributed by atoms with Crippen molar-refractivity contribution in [2.24, 2.45) is 0 Å². The topological polar surface area (TPSA) is 86.5 Å². The summed E-state index contributed by atoms with van der Waals surface area (Å²) < 4.78 is 41.1. The van der Waals surface area contributed by atoms with Gasteiger partial charge in [0.05, 0.1) is 30.9 Å². The molecule has 0 aliphatic carbocycles. The average Bonchev–Trinajstić information content (AvgIpc) is 3.61. The van der Waals surface area contributed by atoms with E-state index >= 15 is 0 Å². The Morgan fingerprint density at radius 3 is 2.64 bits per heavy atom. The van der Waals surface area contributed by atoms with Crippen molar-refractivity contribution in [2.75, 3.05) is 19.8 Å². The molecular weight excluding hydrogens is 526 g/mol. The second kappa shape index (κ2) is 10.3. The maximum absolute atomic E-state index is 14.2. The molecule has 2 aliphatic heterocycles. The van der Waals surface area contributed by atoms with Crippen LogP contribution in [0.1, 0.15) is 39.6 Å². The van der Waals surface area contributed by atoms with E-state index in [9.17, 15) is 18.4 Å². The second-order valence-electron chi connectivity index (χ2n) is 9.41. The van der Waals surface area contributed by atoms with Crippen molar-refractivity contribution in [1.29, 1.82) is 0 Å². The summed E-state index contributed by atoms with van der Waals surface area (Å²) in [4.78, 5) is 29.2. The number of nitrogens with zero attached hydrogens (tertiary/aromatic N) is 4. The Morgan fingerprint density at radius 1 is 1.08 bits per heavy atom. The van der Waals surface area contributed by atoms with E-state index in [1.807, 2.05) is 37.3 Å². The number of benzene rings is 2. The molecule has 0 N–H and O–H groups in total. The van der Waals surface area contributed by atoms with Crippen molar-refractivity contribution in [2.45, 2.75) is 32.0 Å². The van der Waals surface area contributed by atoms with Crippen LogP contribution in [0, 0.1) is 11.6 Å². The predicted octanol–water partition coefficient (Wildman–Crippen LogP) is 4.23. The maximum atomic E-state index is 14.2. The van der Waals surface area contributed by atoms with Crippen LogP contribution in [0.25, 0.3) is 10.6 Å². The Labute approximate surface area is 226 Å². The second-order valence-corrected chi connectivity index (χ2v) is 10.5. The van der Waals surface area contributed by atoms with Gasteiger partial charge in [0.1, 0.15) is 23.2 Å². The number of carbonyl (C=O) groups excluding carboxylic acids is 1. The van der Waals surface area contributed by atoms with Crippen LogP contribution in [0.5, 0.6) is 5.75 Å². The SMILES string of the molecule is CCN1C(=O)c2c(OCc3ccccc3)c(=O)c(-c3nnc(Cc4ccc(F)cc4F)s3)cn2[C@H]2COC[C@H]21. The Kier molecular flexibility index (Phi) is 6.69. The quantitative estimate of drug-likeness (QED) is 0.342. The molecule has 6 rings (SSSR count). The average molecular weight is 551 g/mol. The van der Waals surface area contributed by atoms with Crippen LogP contribution in [0.3, 0.4) is 0 Å². The molecule has 1 fully saturated rings. The minimum Gasteiger partial charge on any atom is -0.483 e. The van der Waals surface area contributed by atoms with Crippen LogP contribution >= 0.6 is 11.3 Å². The molecule has 2 aliphatic rings. The Bertz CT molecular complexity index is 1610. The molecule has 8 nitrogen and oxygen atoms in total. The molecule has 4 heterocycles. The van der Waals surface area contributed by atoms with Crippen LogP contribution in [0.2, 0.25) is 0 Å². The minimum atomic E-state index is -0.677. The molecule has 39 heavy (non-hydrogen) atoms. The van der Waals surface area contributed by atoms with Crippen LogP contribution in [0.15, 0.2) is 59.5 Å². The molecule has 0 bridgehead atoms. The van der Waals surface area contributed by atoms with Gasteiger partial charge in [0, 0.05) is 25.2 Å². The number of amides is 1. The first-order chi connectivity index (χ1) is 18.9. The minimum absolute atomic E-state index is 0.0496. The Hall–Kier alpha value is -3.96. The molecule has 1 saturated heterocycles. The zero-order valence-corrected chi connectivity index (χ0v) is 21.8. The zero-order chi connectivity index (χ0) is 27.1. The fraction of sp³-hybridized carbons (Fsp3) is 0.286. The van der Waals surface area contributed by atoms with Crippen molar-refractivity contribution in [3.8, 4) is 16.3 Å². The summed E-state index contributed by atoms with van der Waals surface area (Å²) in [6, 6.07) is 12.4. The summed E-state index contributed by atoms with van der Waals surface area (Å²) in [5.74, 6) is -1.68. The molecule has 200 valence electrons. The zero-order valence-electron chi connectivity index (χ0n) is 21.0. The van der Waals surface area contributed by atoms with E-state index < -0.39 is 17.1 Å². The van der Waals surface area contributed by atoms with Gasteiger partial charge in [0.25, 0.3) is 5.91 Å². The fourth-order valence-electron chi connectivity index (χ4n) is 5.12. The van der Waals surface area contributed by atoms with Crippen LogP contribution in [-0.4, -0.2) is 51.4 Å². The van der Waals surface area contributed by atoms with Gasteiger partial charge >= 0.3 is 0 Å². The first kappa shape index (κ1) is 25.3. The summed E-state index contributed by atoms with van der Waals surface area (Å²) in [5.41, 5.74) is 1.05. The number of hydrogen-bond donors (Lipinski definition) is 0. The number of ether oxygens (including phenoxy) is 2. The van der Waals surface area contributed by atoms with Crippen molar-refractivity contribution < 1.29 is 23.0 Å². The summed E-state index contributed by atoms with van der Waals surface area (Å²) >= 11 is 1.13. The van der Waals surface area contributed by atoms with Gasteiger partial charge in [-0.05, 0) is 24.1 Å². The van der Waals surface area contributed by atoms with Gasteiger partial charge in [-0.15, -0.1) is 10.2 Å². The standard InChI is InChI=1S/C28H24F2N4O4S/c1-2-33-21-14-37-15-22(21)34-12-19(27-32-31-23(39-27)10-17-8-9-18(29)11-20(17)30)25(35)26(24(34)28(33)36)38-13-16-6-4-3-5-7-16/h3-9,11-12,21-22H,2,10,13-15H2,1H3/t21-,22+/m1/s1. The third kappa shape index (κ3) is 4.61. The lowest BCUT2D eigenvalue weighted by atomic mass is 10.0. The highest BCUT2D eigenvalue weighted by Crippen LogP contribution is 2.37. The molecule has 2 atom stereocenters. The van der Waals surface area contributed by atoms with Gasteiger partial charge in [-0.25, -0.2) is 8.78 Å². The number of fused-ring (bicyclic) bond motifs is 3. The number of carbonyl (C=O) groups is 1. The largest absolute Gasteiger partial charge is 0.483 e. The van der Waals surface area contributed by atoms with E-state index in [0.717, 1.165) is 23.0 Å². The van der Waals surface area contributed by atoms with Gasteiger partial charge in [-0.2, -0.15) is 0 Å². The number of pyridine rings is 1. The Balaban J connectivity index is 1.43. The van der Waals surface area contributed by atoms with E-state index in [1.54, 1.807) is 15.7 Å². The van der Waals surface area contributed by atoms with E-state index in [0.29, 0.717) is 29.8 Å². The molecule has 2 aromatic carbocycles. The van der Waals surface area contributed by atoms with Crippen LogP contribution < -0.4 is 10.2 Å². The molecular formula is C28H24F2N4O4S. The summed E-state index contributed by atoms with van der Waals surface area (Å²) in [6.07, 6.45) is 1.73. The van der Waals surface area contributed by atoms with Crippen LogP contribution in [0.4, 0.5) is 8.78 Å². The lowest BCUT2D eigenvalue weighted by Crippen LogP contribution is -2.51. The number of likely N-dealkylation sites (N-methyl/N-ethyl adjacent to an activating group) is 1. The van der Waals surface area contributed by atoms with E-state index in [2.05, 4.69) is 10.2 Å². The first-order valence-corrected chi connectivity index (χ1v) is 13.4. The molecule has 0 radical (unpaired) electrons. The maximum Gasteiger partial charge on any atom is 0.274 e. The van der Waals surface area contributed by atoms with Gasteiger partial charge in [0.2, 0.25) is 5.43 Å². The third-order valence-electron chi connectivity index (χ3n) is 7.06. The lowest BCUT2D eigenvalue weighted by molar-refractivity contribution is 0.0568. The molecule has 2 aromatic heterocycles. The van der Waals surface area contributed by atoms with E-state index in [1.165, 1.54) is 12.1 Å². The van der Waals surface area contributed by atoms with Gasteiger partial charge in [0.15, 0.2) is 16.5 Å². The summed E-state index contributed by atoms with van der Waals surface area (Å²) in [6.45, 7) is 3.25. The van der Waals surface area contributed by atoms with Crippen LogP contribution in [-0.2, 0) is 17.8 Å². The van der Waals surface area contributed by atoms with E-state index in [4.69, 9.17) is 9.47 Å². The molecule has 0 spiro atoms. The van der Waals surface area contributed by atoms with Gasteiger partial charge in [-0.3, -0.25) is 9.59 Å². The number of aromatic nitrogens is 3.